The number of ether oxygens (including phenoxy) is 1. The van der Waals surface area contributed by atoms with Crippen molar-refractivity contribution < 1.29 is 18.6 Å². The molecule has 2 rings (SSSR count). The molecule has 0 heterocycles. The number of halogens is 2. The molecule has 0 saturated carbocycles. The second-order valence-electron chi connectivity index (χ2n) is 4.69. The summed E-state index contributed by atoms with van der Waals surface area (Å²) in [6.45, 7) is 0.0956. The van der Waals surface area contributed by atoms with Crippen LogP contribution in [0.15, 0.2) is 42.5 Å². The van der Waals surface area contributed by atoms with E-state index in [9.17, 15) is 13.9 Å². The summed E-state index contributed by atoms with van der Waals surface area (Å²) in [5, 5.41) is 10.4. The van der Waals surface area contributed by atoms with E-state index in [4.69, 9.17) is 10.5 Å². The first-order valence-electron chi connectivity index (χ1n) is 6.54. The minimum Gasteiger partial charge on any atom is -0.496 e. The fraction of sp³-hybridized carbons (Fsp3) is 0.250. The maximum absolute atomic E-state index is 13.8. The zero-order valence-electron chi connectivity index (χ0n) is 11.6. The highest BCUT2D eigenvalue weighted by molar-refractivity contribution is 5.38. The van der Waals surface area contributed by atoms with E-state index in [-0.39, 0.29) is 12.1 Å². The first kappa shape index (κ1) is 15.4. The monoisotopic (exact) mass is 293 g/mol. The maximum atomic E-state index is 13.8. The fourth-order valence-corrected chi connectivity index (χ4v) is 2.36. The quantitative estimate of drug-likeness (QED) is 0.891. The van der Waals surface area contributed by atoms with Crippen molar-refractivity contribution in [3.8, 4) is 5.75 Å². The van der Waals surface area contributed by atoms with Crippen LogP contribution in [0.1, 0.15) is 23.1 Å². The van der Waals surface area contributed by atoms with Gasteiger partial charge in [-0.2, -0.15) is 0 Å². The molecule has 0 aliphatic carbocycles. The lowest BCUT2D eigenvalue weighted by Gasteiger charge is -2.24. The number of hydrogen-bond donors (Lipinski definition) is 2. The molecule has 5 heteroatoms. The molecule has 0 saturated heterocycles. The van der Waals surface area contributed by atoms with Crippen molar-refractivity contribution in [2.45, 2.75) is 12.0 Å². The van der Waals surface area contributed by atoms with Crippen molar-refractivity contribution in [3.63, 3.8) is 0 Å². The molecule has 0 amide bonds. The van der Waals surface area contributed by atoms with E-state index >= 15 is 0 Å². The van der Waals surface area contributed by atoms with Crippen LogP contribution in [0.2, 0.25) is 0 Å². The molecule has 2 aromatic carbocycles. The second-order valence-corrected chi connectivity index (χ2v) is 4.69. The standard InChI is InChI=1S/C16H17F2NO2/c1-21-15-5-3-2-4-11(15)13(9-19)16(20)12-7-6-10(17)8-14(12)18/h2-8,13,16,20H,9,19H2,1H3. The Hall–Kier alpha value is -1.98. The molecule has 0 spiro atoms. The van der Waals surface area contributed by atoms with Crippen molar-refractivity contribution in [2.75, 3.05) is 13.7 Å². The Morgan fingerprint density at radius 2 is 1.86 bits per heavy atom. The van der Waals surface area contributed by atoms with Crippen LogP contribution in [-0.4, -0.2) is 18.8 Å². The number of nitrogens with two attached hydrogens (primary N) is 1. The number of para-hydroxylation sites is 1. The average Bonchev–Trinajstić information content (AvgIpc) is 2.48. The average molecular weight is 293 g/mol. The molecule has 0 aliphatic rings. The minimum absolute atomic E-state index is 0.0118. The molecular weight excluding hydrogens is 276 g/mol. The van der Waals surface area contributed by atoms with Gasteiger partial charge in [-0.05, 0) is 12.1 Å². The minimum atomic E-state index is -1.19. The first-order chi connectivity index (χ1) is 10.1. The lowest BCUT2D eigenvalue weighted by Crippen LogP contribution is -2.21. The number of methoxy groups -OCH3 is 1. The van der Waals surface area contributed by atoms with E-state index in [1.165, 1.54) is 13.2 Å². The van der Waals surface area contributed by atoms with Gasteiger partial charge in [0.15, 0.2) is 0 Å². The molecule has 0 radical (unpaired) electrons. The van der Waals surface area contributed by atoms with Gasteiger partial charge in [-0.1, -0.05) is 24.3 Å². The molecule has 2 unspecified atom stereocenters. The number of aliphatic hydroxyl groups excluding tert-OH is 1. The first-order valence-corrected chi connectivity index (χ1v) is 6.54. The SMILES string of the molecule is COc1ccccc1C(CN)C(O)c1ccc(F)cc1F. The van der Waals surface area contributed by atoms with Crippen LogP contribution in [0.4, 0.5) is 8.78 Å². The van der Waals surface area contributed by atoms with Crippen LogP contribution in [0, 0.1) is 11.6 Å². The Morgan fingerprint density at radius 3 is 2.48 bits per heavy atom. The van der Waals surface area contributed by atoms with Gasteiger partial charge in [0, 0.05) is 29.7 Å². The number of hydrogen-bond acceptors (Lipinski definition) is 3. The van der Waals surface area contributed by atoms with Gasteiger partial charge in [0.1, 0.15) is 17.4 Å². The van der Waals surface area contributed by atoms with E-state index in [2.05, 4.69) is 0 Å². The lowest BCUT2D eigenvalue weighted by atomic mass is 9.88. The third-order valence-corrected chi connectivity index (χ3v) is 3.45. The van der Waals surface area contributed by atoms with Gasteiger partial charge in [-0.25, -0.2) is 8.78 Å². The predicted octanol–water partition coefficient (Wildman–Crippen LogP) is 2.75. The molecule has 0 aromatic heterocycles. The van der Waals surface area contributed by atoms with Crippen molar-refractivity contribution in [2.24, 2.45) is 5.73 Å². The molecule has 0 fully saturated rings. The van der Waals surface area contributed by atoms with Crippen molar-refractivity contribution >= 4 is 0 Å². The third kappa shape index (κ3) is 3.20. The van der Waals surface area contributed by atoms with Gasteiger partial charge >= 0.3 is 0 Å². The normalized spacial score (nSPS) is 13.8. The Labute approximate surface area is 122 Å². The molecular formula is C16H17F2NO2. The van der Waals surface area contributed by atoms with E-state index in [0.29, 0.717) is 11.3 Å². The summed E-state index contributed by atoms with van der Waals surface area (Å²) >= 11 is 0. The molecule has 0 bridgehead atoms. The van der Waals surface area contributed by atoms with Gasteiger partial charge < -0.3 is 15.6 Å². The van der Waals surface area contributed by atoms with Gasteiger partial charge in [-0.3, -0.25) is 0 Å². The second kappa shape index (κ2) is 6.65. The smallest absolute Gasteiger partial charge is 0.131 e. The molecule has 21 heavy (non-hydrogen) atoms. The molecule has 112 valence electrons. The van der Waals surface area contributed by atoms with Crippen molar-refractivity contribution in [3.05, 3.63) is 65.2 Å². The van der Waals surface area contributed by atoms with Gasteiger partial charge in [0.25, 0.3) is 0 Å². The highest BCUT2D eigenvalue weighted by Gasteiger charge is 2.26. The Morgan fingerprint density at radius 1 is 1.14 bits per heavy atom. The number of aliphatic hydroxyl groups is 1. The highest BCUT2D eigenvalue weighted by Crippen LogP contribution is 2.36. The van der Waals surface area contributed by atoms with Crippen molar-refractivity contribution in [1.82, 2.24) is 0 Å². The van der Waals surface area contributed by atoms with E-state index in [1.54, 1.807) is 24.3 Å². The van der Waals surface area contributed by atoms with Crippen LogP contribution < -0.4 is 10.5 Å². The Balaban J connectivity index is 2.40. The van der Waals surface area contributed by atoms with Crippen LogP contribution in [0.5, 0.6) is 5.75 Å². The highest BCUT2D eigenvalue weighted by atomic mass is 19.1. The van der Waals surface area contributed by atoms with E-state index in [0.717, 1.165) is 12.1 Å². The molecule has 3 nitrogen and oxygen atoms in total. The largest absolute Gasteiger partial charge is 0.496 e. The third-order valence-electron chi connectivity index (χ3n) is 3.45. The topological polar surface area (TPSA) is 55.5 Å². The lowest BCUT2D eigenvalue weighted by molar-refractivity contribution is 0.141. The van der Waals surface area contributed by atoms with Crippen LogP contribution in [0.25, 0.3) is 0 Å². The Bertz CT molecular complexity index is 619. The molecule has 2 atom stereocenters. The van der Waals surface area contributed by atoms with Gasteiger partial charge in [-0.15, -0.1) is 0 Å². The maximum Gasteiger partial charge on any atom is 0.131 e. The number of rotatable bonds is 5. The molecule has 0 aliphatic heterocycles. The fourth-order valence-electron chi connectivity index (χ4n) is 2.36. The zero-order valence-corrected chi connectivity index (χ0v) is 11.6. The van der Waals surface area contributed by atoms with Crippen LogP contribution >= 0.6 is 0 Å². The van der Waals surface area contributed by atoms with Gasteiger partial charge in [0.05, 0.1) is 13.2 Å². The molecule has 3 N–H and O–H groups in total. The van der Waals surface area contributed by atoms with Crippen LogP contribution in [-0.2, 0) is 0 Å². The van der Waals surface area contributed by atoms with Crippen LogP contribution in [0.3, 0.4) is 0 Å². The summed E-state index contributed by atoms with van der Waals surface area (Å²) in [6.07, 6.45) is -1.19. The van der Waals surface area contributed by atoms with E-state index in [1.807, 2.05) is 0 Å². The summed E-state index contributed by atoms with van der Waals surface area (Å²) in [5.74, 6) is -1.48. The summed E-state index contributed by atoms with van der Waals surface area (Å²) in [7, 11) is 1.51. The summed E-state index contributed by atoms with van der Waals surface area (Å²) < 4.78 is 32.0. The summed E-state index contributed by atoms with van der Waals surface area (Å²) in [6, 6.07) is 10.2. The summed E-state index contributed by atoms with van der Waals surface area (Å²) in [4.78, 5) is 0. The van der Waals surface area contributed by atoms with E-state index < -0.39 is 23.7 Å². The molecule has 2 aromatic rings. The Kier molecular flexibility index (Phi) is 4.88. The zero-order chi connectivity index (χ0) is 15.4. The number of benzene rings is 2. The predicted molar refractivity (Wildman–Crippen MR) is 76.1 cm³/mol. The summed E-state index contributed by atoms with van der Waals surface area (Å²) in [5.41, 5.74) is 6.43. The van der Waals surface area contributed by atoms with Crippen molar-refractivity contribution in [1.29, 1.82) is 0 Å². The van der Waals surface area contributed by atoms with Gasteiger partial charge in [0.2, 0.25) is 0 Å².